The van der Waals surface area contributed by atoms with Crippen molar-refractivity contribution in [3.05, 3.63) is 0 Å². The van der Waals surface area contributed by atoms with E-state index in [1.165, 1.54) is 0 Å². The molecule has 0 aromatic rings. The van der Waals surface area contributed by atoms with Crippen LogP contribution in [0.4, 0.5) is 0 Å². The lowest BCUT2D eigenvalue weighted by atomic mass is 9.86. The Labute approximate surface area is 75.1 Å². The SMILES string of the molecule is CC(CO[PH](=O)O)CC(C)(C)C. The molecule has 0 aliphatic heterocycles. The van der Waals surface area contributed by atoms with Crippen molar-refractivity contribution in [3.8, 4) is 0 Å². The van der Waals surface area contributed by atoms with E-state index >= 15 is 0 Å². The molecule has 0 aromatic carbocycles. The molecule has 3 nitrogen and oxygen atoms in total. The molecule has 0 heterocycles. The van der Waals surface area contributed by atoms with Crippen LogP contribution in [-0.2, 0) is 9.09 Å². The molecule has 12 heavy (non-hydrogen) atoms. The fourth-order valence-electron chi connectivity index (χ4n) is 1.32. The van der Waals surface area contributed by atoms with Crippen LogP contribution in [0.2, 0.25) is 0 Å². The minimum absolute atomic E-state index is 0.258. The summed E-state index contributed by atoms with van der Waals surface area (Å²) in [6.45, 7) is 8.84. The molecule has 0 saturated carbocycles. The summed E-state index contributed by atoms with van der Waals surface area (Å²) in [5, 5.41) is 0. The summed E-state index contributed by atoms with van der Waals surface area (Å²) >= 11 is 0. The lowest BCUT2D eigenvalue weighted by Gasteiger charge is -2.22. The van der Waals surface area contributed by atoms with Gasteiger partial charge in [0, 0.05) is 0 Å². The molecule has 0 fully saturated rings. The summed E-state index contributed by atoms with van der Waals surface area (Å²) in [5.74, 6) is 0.339. The van der Waals surface area contributed by atoms with Crippen LogP contribution in [0.25, 0.3) is 0 Å². The van der Waals surface area contributed by atoms with Crippen molar-refractivity contribution in [2.45, 2.75) is 34.1 Å². The van der Waals surface area contributed by atoms with Gasteiger partial charge in [0.15, 0.2) is 0 Å². The van der Waals surface area contributed by atoms with E-state index in [4.69, 9.17) is 4.89 Å². The highest BCUT2D eigenvalue weighted by atomic mass is 31.1. The largest absolute Gasteiger partial charge is 0.326 e. The first-order valence-electron chi connectivity index (χ1n) is 4.17. The van der Waals surface area contributed by atoms with Crippen molar-refractivity contribution in [1.29, 1.82) is 0 Å². The summed E-state index contributed by atoms with van der Waals surface area (Å²) in [4.78, 5) is 8.42. The monoisotopic (exact) mass is 194 g/mol. The Bertz CT molecular complexity index is 151. The average Bonchev–Trinajstić information content (AvgIpc) is 1.79. The highest BCUT2D eigenvalue weighted by Crippen LogP contribution is 2.26. The van der Waals surface area contributed by atoms with Crippen molar-refractivity contribution in [1.82, 2.24) is 0 Å². The zero-order valence-electron chi connectivity index (χ0n) is 8.26. The summed E-state index contributed by atoms with van der Waals surface area (Å²) in [6.07, 6.45) is 1.00. The van der Waals surface area contributed by atoms with Gasteiger partial charge in [-0.25, -0.2) is 0 Å². The second-order valence-electron chi connectivity index (χ2n) is 4.45. The molecule has 2 atom stereocenters. The quantitative estimate of drug-likeness (QED) is 0.699. The van der Waals surface area contributed by atoms with Gasteiger partial charge >= 0.3 is 8.25 Å². The van der Waals surface area contributed by atoms with E-state index in [0.717, 1.165) is 6.42 Å². The lowest BCUT2D eigenvalue weighted by Crippen LogP contribution is -2.14. The van der Waals surface area contributed by atoms with Gasteiger partial charge in [0.2, 0.25) is 0 Å². The van der Waals surface area contributed by atoms with Gasteiger partial charge in [0.1, 0.15) is 0 Å². The van der Waals surface area contributed by atoms with E-state index < -0.39 is 8.25 Å². The molecular formula is C8H19O3P. The summed E-state index contributed by atoms with van der Waals surface area (Å²) in [6, 6.07) is 0. The molecule has 0 saturated heterocycles. The Morgan fingerprint density at radius 3 is 2.33 bits per heavy atom. The number of hydrogen-bond donors (Lipinski definition) is 1. The lowest BCUT2D eigenvalue weighted by molar-refractivity contribution is 0.198. The van der Waals surface area contributed by atoms with Crippen molar-refractivity contribution in [3.63, 3.8) is 0 Å². The zero-order chi connectivity index (χ0) is 9.78. The average molecular weight is 194 g/mol. The molecule has 0 aliphatic carbocycles. The van der Waals surface area contributed by atoms with Gasteiger partial charge in [0.25, 0.3) is 0 Å². The standard InChI is InChI=1S/C8H19O3P/c1-7(5-8(2,3)4)6-11-12(9)10/h7,12H,5-6H2,1-4H3,(H,9,10). The first-order chi connectivity index (χ1) is 5.31. The Balaban J connectivity index is 3.60. The first-order valence-corrected chi connectivity index (χ1v) is 5.43. The van der Waals surface area contributed by atoms with Gasteiger partial charge in [-0.1, -0.05) is 27.7 Å². The van der Waals surface area contributed by atoms with Crippen LogP contribution in [-0.4, -0.2) is 11.5 Å². The van der Waals surface area contributed by atoms with Crippen molar-refractivity contribution in [2.24, 2.45) is 11.3 Å². The summed E-state index contributed by atoms with van der Waals surface area (Å²) in [5.41, 5.74) is 0.258. The van der Waals surface area contributed by atoms with Crippen LogP contribution in [0.5, 0.6) is 0 Å². The maximum absolute atomic E-state index is 10.2. The second-order valence-corrected chi connectivity index (χ2v) is 5.27. The predicted octanol–water partition coefficient (Wildman–Crippen LogP) is 2.46. The van der Waals surface area contributed by atoms with Crippen LogP contribution >= 0.6 is 8.25 Å². The topological polar surface area (TPSA) is 46.5 Å². The van der Waals surface area contributed by atoms with Gasteiger partial charge in [0.05, 0.1) is 6.61 Å². The smallest absolute Gasteiger partial charge is 0.316 e. The third kappa shape index (κ3) is 8.25. The van der Waals surface area contributed by atoms with E-state index in [2.05, 4.69) is 25.3 Å². The van der Waals surface area contributed by atoms with Crippen LogP contribution in [0, 0.1) is 11.3 Å². The highest BCUT2D eigenvalue weighted by Gasteiger charge is 2.15. The summed E-state index contributed by atoms with van der Waals surface area (Å²) < 4.78 is 14.9. The molecule has 0 amide bonds. The van der Waals surface area contributed by atoms with Gasteiger partial charge < -0.3 is 9.42 Å². The Morgan fingerprint density at radius 2 is 2.00 bits per heavy atom. The zero-order valence-corrected chi connectivity index (χ0v) is 9.26. The molecular weight excluding hydrogens is 175 g/mol. The molecule has 0 rings (SSSR count). The van der Waals surface area contributed by atoms with Crippen molar-refractivity contribution in [2.75, 3.05) is 6.61 Å². The van der Waals surface area contributed by atoms with E-state index in [9.17, 15) is 4.57 Å². The third-order valence-corrected chi connectivity index (χ3v) is 1.87. The van der Waals surface area contributed by atoms with Crippen LogP contribution in [0.1, 0.15) is 34.1 Å². The molecule has 0 spiro atoms. The van der Waals surface area contributed by atoms with Gasteiger partial charge in [-0.15, -0.1) is 0 Å². The van der Waals surface area contributed by atoms with E-state index in [0.29, 0.717) is 12.5 Å². The van der Waals surface area contributed by atoms with Crippen LogP contribution < -0.4 is 0 Å². The van der Waals surface area contributed by atoms with Crippen molar-refractivity contribution >= 4 is 8.25 Å². The first kappa shape index (κ1) is 12.2. The third-order valence-electron chi connectivity index (χ3n) is 1.45. The molecule has 4 heteroatoms. The molecule has 0 radical (unpaired) electrons. The highest BCUT2D eigenvalue weighted by molar-refractivity contribution is 7.32. The normalized spacial score (nSPS) is 17.4. The van der Waals surface area contributed by atoms with Crippen molar-refractivity contribution < 1.29 is 14.0 Å². The van der Waals surface area contributed by atoms with Gasteiger partial charge in [-0.2, -0.15) is 0 Å². The van der Waals surface area contributed by atoms with Crippen LogP contribution in [0.3, 0.4) is 0 Å². The molecule has 0 aliphatic rings. The molecule has 1 N–H and O–H groups in total. The number of rotatable bonds is 4. The van der Waals surface area contributed by atoms with Crippen LogP contribution in [0.15, 0.2) is 0 Å². The Hall–Kier alpha value is 0.150. The maximum atomic E-state index is 10.2. The predicted molar refractivity (Wildman–Crippen MR) is 50.4 cm³/mol. The van der Waals surface area contributed by atoms with E-state index in [-0.39, 0.29) is 5.41 Å². The summed E-state index contributed by atoms with van der Waals surface area (Å²) in [7, 11) is -2.73. The van der Waals surface area contributed by atoms with Gasteiger partial charge in [-0.3, -0.25) is 4.57 Å². The number of hydrogen-bond acceptors (Lipinski definition) is 2. The minimum atomic E-state index is -2.73. The maximum Gasteiger partial charge on any atom is 0.316 e. The van der Waals surface area contributed by atoms with Gasteiger partial charge in [-0.05, 0) is 17.8 Å². The molecule has 74 valence electrons. The molecule has 0 bridgehead atoms. The fraction of sp³-hybridized carbons (Fsp3) is 1.00. The van der Waals surface area contributed by atoms with E-state index in [1.807, 2.05) is 6.92 Å². The second kappa shape index (κ2) is 5.00. The Morgan fingerprint density at radius 1 is 1.50 bits per heavy atom. The Kier molecular flexibility index (Phi) is 5.07. The molecule has 0 aromatic heterocycles. The van der Waals surface area contributed by atoms with E-state index in [1.54, 1.807) is 0 Å². The minimum Gasteiger partial charge on any atom is -0.326 e. The molecule has 2 unspecified atom stereocenters. The fourth-order valence-corrected chi connectivity index (χ4v) is 1.74.